The van der Waals surface area contributed by atoms with Gasteiger partial charge in [0, 0.05) is 4.90 Å². The number of amides is 1. The van der Waals surface area contributed by atoms with Crippen molar-refractivity contribution >= 4 is 17.7 Å². The molecule has 0 fully saturated rings. The molecule has 0 bridgehead atoms. The molecular weight excluding hydrogens is 222 g/mol. The summed E-state index contributed by atoms with van der Waals surface area (Å²) < 4.78 is 0. The van der Waals surface area contributed by atoms with Crippen molar-refractivity contribution in [1.29, 1.82) is 0 Å². The van der Waals surface area contributed by atoms with Gasteiger partial charge in [0.1, 0.15) is 0 Å². The maximum Gasteiger partial charge on any atom is 0.230 e. The second-order valence-electron chi connectivity index (χ2n) is 3.46. The molecule has 16 heavy (non-hydrogen) atoms. The van der Waals surface area contributed by atoms with Crippen LogP contribution < -0.4 is 5.32 Å². The van der Waals surface area contributed by atoms with Gasteiger partial charge in [-0.1, -0.05) is 25.1 Å². The minimum absolute atomic E-state index is 0.00174. The highest BCUT2D eigenvalue weighted by atomic mass is 32.2. The molecule has 88 valence electrons. The number of thioether (sulfide) groups is 1. The molecule has 1 aromatic carbocycles. The maximum atomic E-state index is 11.5. The number of rotatable bonds is 6. The molecule has 1 rings (SSSR count). The minimum atomic E-state index is -0.121. The Kier molecular flexibility index (Phi) is 5.96. The number of benzene rings is 1. The number of hydrogen-bond donors (Lipinski definition) is 2. The van der Waals surface area contributed by atoms with Crippen LogP contribution in [0.1, 0.15) is 13.3 Å². The third-order valence-electron chi connectivity index (χ3n) is 2.19. The van der Waals surface area contributed by atoms with Crippen LogP contribution in [0, 0.1) is 0 Å². The highest BCUT2D eigenvalue weighted by molar-refractivity contribution is 8.00. The molecular formula is C12H17NO2S. The van der Waals surface area contributed by atoms with Crippen molar-refractivity contribution in [3.63, 3.8) is 0 Å². The van der Waals surface area contributed by atoms with E-state index in [1.54, 1.807) is 0 Å². The molecule has 0 radical (unpaired) electrons. The Morgan fingerprint density at radius 1 is 1.44 bits per heavy atom. The fourth-order valence-corrected chi connectivity index (χ4v) is 1.94. The van der Waals surface area contributed by atoms with Crippen molar-refractivity contribution in [1.82, 2.24) is 5.32 Å². The zero-order valence-corrected chi connectivity index (χ0v) is 10.2. The molecule has 0 aliphatic rings. The Balaban J connectivity index is 2.30. The lowest BCUT2D eigenvalue weighted by Gasteiger charge is -2.13. The molecule has 2 N–H and O–H groups in total. The predicted molar refractivity (Wildman–Crippen MR) is 66.5 cm³/mol. The first kappa shape index (κ1) is 13.1. The van der Waals surface area contributed by atoms with Gasteiger partial charge in [-0.25, -0.2) is 0 Å². The Morgan fingerprint density at radius 2 is 2.12 bits per heavy atom. The Hall–Kier alpha value is -1.00. The van der Waals surface area contributed by atoms with Crippen LogP contribution in [0.4, 0.5) is 0 Å². The topological polar surface area (TPSA) is 49.3 Å². The zero-order chi connectivity index (χ0) is 11.8. The standard InChI is InChI=1S/C12H17NO2S/c1-2-10(8-14)13-12(15)9-16-11-6-4-3-5-7-11/h3-7,10,14H,2,8-9H2,1H3,(H,13,15)/t10-/m0/s1. The van der Waals surface area contributed by atoms with Gasteiger partial charge in [-0.2, -0.15) is 0 Å². The van der Waals surface area contributed by atoms with Gasteiger partial charge >= 0.3 is 0 Å². The van der Waals surface area contributed by atoms with Gasteiger partial charge in [0.2, 0.25) is 5.91 Å². The van der Waals surface area contributed by atoms with E-state index in [0.29, 0.717) is 5.75 Å². The van der Waals surface area contributed by atoms with Gasteiger partial charge in [0.15, 0.2) is 0 Å². The first-order valence-electron chi connectivity index (χ1n) is 5.34. The molecule has 0 saturated heterocycles. The average molecular weight is 239 g/mol. The number of aliphatic hydroxyl groups excluding tert-OH is 1. The minimum Gasteiger partial charge on any atom is -0.394 e. The number of hydrogen-bond acceptors (Lipinski definition) is 3. The Morgan fingerprint density at radius 3 is 2.69 bits per heavy atom. The number of aliphatic hydroxyl groups is 1. The van der Waals surface area contributed by atoms with E-state index in [2.05, 4.69) is 5.32 Å². The van der Waals surface area contributed by atoms with Gasteiger partial charge < -0.3 is 10.4 Å². The van der Waals surface area contributed by atoms with Crippen molar-refractivity contribution in [3.8, 4) is 0 Å². The first-order chi connectivity index (χ1) is 7.76. The third-order valence-corrected chi connectivity index (χ3v) is 3.20. The molecule has 0 aromatic heterocycles. The van der Waals surface area contributed by atoms with E-state index < -0.39 is 0 Å². The monoisotopic (exact) mass is 239 g/mol. The highest BCUT2D eigenvalue weighted by Crippen LogP contribution is 2.16. The van der Waals surface area contributed by atoms with E-state index in [0.717, 1.165) is 11.3 Å². The van der Waals surface area contributed by atoms with E-state index in [1.165, 1.54) is 11.8 Å². The lowest BCUT2D eigenvalue weighted by molar-refractivity contribution is -0.119. The van der Waals surface area contributed by atoms with E-state index in [-0.39, 0.29) is 18.6 Å². The van der Waals surface area contributed by atoms with Crippen LogP contribution in [0.3, 0.4) is 0 Å². The van der Waals surface area contributed by atoms with Gasteiger partial charge in [-0.15, -0.1) is 11.8 Å². The van der Waals surface area contributed by atoms with Crippen LogP contribution in [-0.2, 0) is 4.79 Å². The van der Waals surface area contributed by atoms with Gasteiger partial charge in [0.05, 0.1) is 18.4 Å². The Labute approximate surface area is 100 Å². The molecule has 3 nitrogen and oxygen atoms in total. The van der Waals surface area contributed by atoms with Crippen molar-refractivity contribution in [2.24, 2.45) is 0 Å². The molecule has 1 atom stereocenters. The maximum absolute atomic E-state index is 11.5. The summed E-state index contributed by atoms with van der Waals surface area (Å²) in [5.74, 6) is 0.357. The quantitative estimate of drug-likeness (QED) is 0.742. The van der Waals surface area contributed by atoms with E-state index in [4.69, 9.17) is 5.11 Å². The van der Waals surface area contributed by atoms with Crippen LogP contribution in [-0.4, -0.2) is 29.4 Å². The smallest absolute Gasteiger partial charge is 0.230 e. The summed E-state index contributed by atoms with van der Waals surface area (Å²) >= 11 is 1.50. The van der Waals surface area contributed by atoms with Crippen LogP contribution in [0.15, 0.2) is 35.2 Å². The van der Waals surface area contributed by atoms with Crippen molar-refractivity contribution in [2.45, 2.75) is 24.3 Å². The zero-order valence-electron chi connectivity index (χ0n) is 9.35. The molecule has 0 saturated carbocycles. The first-order valence-corrected chi connectivity index (χ1v) is 6.33. The largest absolute Gasteiger partial charge is 0.394 e. The summed E-state index contributed by atoms with van der Waals surface area (Å²) in [4.78, 5) is 12.6. The second-order valence-corrected chi connectivity index (χ2v) is 4.51. The summed E-state index contributed by atoms with van der Waals surface area (Å²) in [5.41, 5.74) is 0. The van der Waals surface area contributed by atoms with E-state index >= 15 is 0 Å². The van der Waals surface area contributed by atoms with Crippen molar-refractivity contribution < 1.29 is 9.90 Å². The van der Waals surface area contributed by atoms with Crippen molar-refractivity contribution in [3.05, 3.63) is 30.3 Å². The Bertz CT molecular complexity index is 312. The molecule has 0 heterocycles. The summed E-state index contributed by atoms with van der Waals surface area (Å²) in [7, 11) is 0. The van der Waals surface area contributed by atoms with Crippen LogP contribution >= 0.6 is 11.8 Å². The van der Waals surface area contributed by atoms with Gasteiger partial charge in [-0.3, -0.25) is 4.79 Å². The molecule has 0 aliphatic heterocycles. The SMILES string of the molecule is CC[C@@H](CO)NC(=O)CSc1ccccc1. The average Bonchev–Trinajstić information content (AvgIpc) is 2.34. The molecule has 1 aromatic rings. The number of carbonyl (C=O) groups excluding carboxylic acids is 1. The van der Waals surface area contributed by atoms with E-state index in [9.17, 15) is 4.79 Å². The second kappa shape index (κ2) is 7.30. The fraction of sp³-hybridized carbons (Fsp3) is 0.417. The van der Waals surface area contributed by atoms with Gasteiger partial charge in [0.25, 0.3) is 0 Å². The third kappa shape index (κ3) is 4.68. The fourth-order valence-electron chi connectivity index (χ4n) is 1.21. The van der Waals surface area contributed by atoms with Gasteiger partial charge in [-0.05, 0) is 18.6 Å². The number of nitrogens with one attached hydrogen (secondary N) is 1. The summed E-state index contributed by atoms with van der Waals surface area (Å²) in [6.45, 7) is 1.93. The van der Waals surface area contributed by atoms with Crippen LogP contribution in [0.25, 0.3) is 0 Å². The molecule has 0 spiro atoms. The lowest BCUT2D eigenvalue weighted by Crippen LogP contribution is -2.37. The highest BCUT2D eigenvalue weighted by Gasteiger charge is 2.08. The summed E-state index contributed by atoms with van der Waals surface area (Å²) in [6, 6.07) is 9.67. The molecule has 0 aliphatic carbocycles. The molecule has 4 heteroatoms. The van der Waals surface area contributed by atoms with Crippen LogP contribution in [0.5, 0.6) is 0 Å². The van der Waals surface area contributed by atoms with E-state index in [1.807, 2.05) is 37.3 Å². The van der Waals surface area contributed by atoms with Crippen LogP contribution in [0.2, 0.25) is 0 Å². The summed E-state index contributed by atoms with van der Waals surface area (Å²) in [5, 5.41) is 11.7. The normalized spacial score (nSPS) is 12.1. The predicted octanol–water partition coefficient (Wildman–Crippen LogP) is 1.67. The summed E-state index contributed by atoms with van der Waals surface area (Å²) in [6.07, 6.45) is 0.748. The number of carbonyl (C=O) groups is 1. The lowest BCUT2D eigenvalue weighted by atomic mass is 10.2. The molecule has 0 unspecified atom stereocenters. The van der Waals surface area contributed by atoms with Crippen molar-refractivity contribution in [2.75, 3.05) is 12.4 Å². The molecule has 1 amide bonds.